The number of aliphatic carboxylic acids is 1. The lowest BCUT2D eigenvalue weighted by atomic mass is 10.1. The molecule has 0 radical (unpaired) electrons. The summed E-state index contributed by atoms with van der Waals surface area (Å²) >= 11 is 0. The number of ether oxygens (including phenoxy) is 2. The van der Waals surface area contributed by atoms with E-state index in [1.165, 1.54) is 58.3 Å². The molecule has 0 fully saturated rings. The first kappa shape index (κ1) is 30.1. The van der Waals surface area contributed by atoms with Gasteiger partial charge in [-0.3, -0.25) is 14.4 Å². The first-order valence-electron chi connectivity index (χ1n) is 9.94. The molecule has 0 rings (SSSR count). The molecule has 0 saturated carbocycles. The number of carbonyl (C=O) groups excluding carboxylic acids is 2. The van der Waals surface area contributed by atoms with E-state index in [1.54, 1.807) is 6.92 Å². The Hall–Kier alpha value is -1.63. The summed E-state index contributed by atoms with van der Waals surface area (Å²) in [5.41, 5.74) is 0. The molecule has 0 aromatic heterocycles. The van der Waals surface area contributed by atoms with Crippen LogP contribution in [-0.4, -0.2) is 50.3 Å². The van der Waals surface area contributed by atoms with E-state index in [-0.39, 0.29) is 12.6 Å². The number of rotatable bonds is 13. The van der Waals surface area contributed by atoms with E-state index in [0.717, 1.165) is 6.42 Å². The fraction of sp³-hybridized carbons (Fsp3) is 0.850. The van der Waals surface area contributed by atoms with Gasteiger partial charge >= 0.3 is 17.9 Å². The van der Waals surface area contributed by atoms with Gasteiger partial charge in [0.15, 0.2) is 0 Å². The molecule has 0 atom stereocenters. The van der Waals surface area contributed by atoms with Crippen LogP contribution in [0.2, 0.25) is 0 Å². The second kappa shape index (κ2) is 26.6. The normalized spacial score (nSPS) is 9.22. The Bertz CT molecular complexity index is 347. The first-order valence-corrected chi connectivity index (χ1v) is 9.94. The maximum Gasteiger partial charge on any atom is 0.317 e. The number of carboxylic acid groups (broad SMARTS) is 1. The maximum absolute atomic E-state index is 10.5. The summed E-state index contributed by atoms with van der Waals surface area (Å²) in [4.78, 5) is 30.5. The van der Waals surface area contributed by atoms with Crippen LogP contribution in [0.4, 0.5) is 0 Å². The molecule has 0 bridgehead atoms. The van der Waals surface area contributed by atoms with E-state index in [1.807, 2.05) is 14.1 Å². The minimum atomic E-state index is -1.16. The molecule has 7 heteroatoms. The van der Waals surface area contributed by atoms with Crippen LogP contribution in [-0.2, 0) is 23.9 Å². The van der Waals surface area contributed by atoms with E-state index in [0.29, 0.717) is 6.61 Å². The predicted octanol–water partition coefficient (Wildman–Crippen LogP) is 3.94. The number of carboxylic acids is 1. The highest BCUT2D eigenvalue weighted by molar-refractivity contribution is 5.90. The molecular weight excluding hydrogens is 350 g/mol. The van der Waals surface area contributed by atoms with Gasteiger partial charge in [0.1, 0.15) is 6.42 Å². The van der Waals surface area contributed by atoms with Gasteiger partial charge in [-0.2, -0.15) is 0 Å². The monoisotopic (exact) mass is 391 g/mol. The molecule has 0 aromatic carbocycles. The summed E-state index contributed by atoms with van der Waals surface area (Å²) in [6.45, 7) is 6.17. The van der Waals surface area contributed by atoms with Gasteiger partial charge in [-0.25, -0.2) is 0 Å². The molecule has 0 spiro atoms. The summed E-state index contributed by atoms with van der Waals surface area (Å²) in [5.74, 6) is -2.01. The Morgan fingerprint density at radius 1 is 0.815 bits per heavy atom. The fourth-order valence-electron chi connectivity index (χ4n) is 1.96. The number of carbonyl (C=O) groups is 3. The molecule has 0 aromatic rings. The van der Waals surface area contributed by atoms with Crippen molar-refractivity contribution in [1.82, 2.24) is 5.32 Å². The summed E-state index contributed by atoms with van der Waals surface area (Å²) in [7, 11) is 3.75. The molecule has 7 nitrogen and oxygen atoms in total. The topological polar surface area (TPSA) is 102 Å². The highest BCUT2D eigenvalue weighted by Gasteiger charge is 2.06. The van der Waals surface area contributed by atoms with Crippen LogP contribution < -0.4 is 5.32 Å². The maximum atomic E-state index is 10.5. The minimum Gasteiger partial charge on any atom is -0.481 e. The molecule has 27 heavy (non-hydrogen) atoms. The molecule has 2 N–H and O–H groups in total. The van der Waals surface area contributed by atoms with Crippen molar-refractivity contribution in [2.45, 2.75) is 85.0 Å². The van der Waals surface area contributed by atoms with E-state index >= 15 is 0 Å². The van der Waals surface area contributed by atoms with Gasteiger partial charge in [0.2, 0.25) is 0 Å². The molecule has 0 amide bonds. The van der Waals surface area contributed by atoms with Gasteiger partial charge in [-0.15, -0.1) is 0 Å². The Balaban J connectivity index is -0.000000407. The van der Waals surface area contributed by atoms with Crippen LogP contribution in [0, 0.1) is 0 Å². The van der Waals surface area contributed by atoms with Gasteiger partial charge < -0.3 is 19.9 Å². The van der Waals surface area contributed by atoms with Crippen LogP contribution in [0.25, 0.3) is 0 Å². The zero-order valence-corrected chi connectivity index (χ0v) is 18.0. The van der Waals surface area contributed by atoms with Crippen molar-refractivity contribution in [1.29, 1.82) is 0 Å². The van der Waals surface area contributed by atoms with Crippen LogP contribution in [0.15, 0.2) is 0 Å². The lowest BCUT2D eigenvalue weighted by molar-refractivity contribution is -0.151. The van der Waals surface area contributed by atoms with Gasteiger partial charge in [-0.1, -0.05) is 58.3 Å². The number of nitrogens with one attached hydrogen (secondary N) is 1. The molecule has 0 heterocycles. The summed E-state index contributed by atoms with van der Waals surface area (Å²) in [6.07, 6.45) is 11.1. The molecular formula is C20H41NO6. The number of hydrogen-bond acceptors (Lipinski definition) is 6. The van der Waals surface area contributed by atoms with E-state index in [9.17, 15) is 14.4 Å². The van der Waals surface area contributed by atoms with E-state index in [4.69, 9.17) is 9.84 Å². The van der Waals surface area contributed by atoms with Crippen molar-refractivity contribution in [3.05, 3.63) is 0 Å². The highest BCUT2D eigenvalue weighted by Crippen LogP contribution is 2.09. The smallest absolute Gasteiger partial charge is 0.317 e. The minimum absolute atomic E-state index is 0.158. The van der Waals surface area contributed by atoms with Gasteiger partial charge in [0.05, 0.1) is 13.2 Å². The molecule has 0 aliphatic rings. The summed E-state index contributed by atoms with van der Waals surface area (Å²) in [5, 5.41) is 10.8. The number of unbranched alkanes of at least 4 members (excludes halogenated alkanes) is 8. The highest BCUT2D eigenvalue weighted by atomic mass is 16.5. The Kier molecular flexibility index (Phi) is 29.7. The fourth-order valence-corrected chi connectivity index (χ4v) is 1.96. The molecule has 0 aliphatic carbocycles. The lowest BCUT2D eigenvalue weighted by Gasteiger charge is -2.02. The second-order valence-electron chi connectivity index (χ2n) is 6.04. The van der Waals surface area contributed by atoms with Crippen LogP contribution in [0.3, 0.4) is 0 Å². The first-order chi connectivity index (χ1) is 12.8. The van der Waals surface area contributed by atoms with Crippen LogP contribution in [0.5, 0.6) is 0 Å². The Labute approximate surface area is 165 Å². The second-order valence-corrected chi connectivity index (χ2v) is 6.04. The van der Waals surface area contributed by atoms with Crippen molar-refractivity contribution < 1.29 is 29.0 Å². The van der Waals surface area contributed by atoms with Crippen LogP contribution >= 0.6 is 0 Å². The van der Waals surface area contributed by atoms with Crippen molar-refractivity contribution in [2.75, 3.05) is 27.3 Å². The average Bonchev–Trinajstić information content (AvgIpc) is 2.57. The SMILES string of the molecule is CCCCCCCCCCCOC(C)=O.CCOC(=O)CC(=O)O.CNC. The largest absolute Gasteiger partial charge is 0.481 e. The third kappa shape index (κ3) is 40.4. The number of hydrogen-bond donors (Lipinski definition) is 2. The van der Waals surface area contributed by atoms with E-state index < -0.39 is 18.4 Å². The Morgan fingerprint density at radius 2 is 1.26 bits per heavy atom. The molecule has 0 unspecified atom stereocenters. The van der Waals surface area contributed by atoms with Gasteiger partial charge in [0, 0.05) is 6.92 Å². The zero-order chi connectivity index (χ0) is 21.3. The van der Waals surface area contributed by atoms with Crippen molar-refractivity contribution >= 4 is 17.9 Å². The summed E-state index contributed by atoms with van der Waals surface area (Å²) < 4.78 is 9.20. The predicted molar refractivity (Wildman–Crippen MR) is 108 cm³/mol. The quantitative estimate of drug-likeness (QED) is 0.278. The molecule has 162 valence electrons. The van der Waals surface area contributed by atoms with E-state index in [2.05, 4.69) is 17.0 Å². The third-order valence-corrected chi connectivity index (χ3v) is 3.15. The van der Waals surface area contributed by atoms with Gasteiger partial charge in [-0.05, 0) is 27.4 Å². The third-order valence-electron chi connectivity index (χ3n) is 3.15. The lowest BCUT2D eigenvalue weighted by Crippen LogP contribution is -2.09. The average molecular weight is 392 g/mol. The van der Waals surface area contributed by atoms with Crippen molar-refractivity contribution in [3.63, 3.8) is 0 Å². The molecule has 0 aliphatic heterocycles. The van der Waals surface area contributed by atoms with Crippen molar-refractivity contribution in [3.8, 4) is 0 Å². The van der Waals surface area contributed by atoms with Crippen LogP contribution in [0.1, 0.15) is 85.0 Å². The Morgan fingerprint density at radius 3 is 1.63 bits per heavy atom. The number of esters is 2. The summed E-state index contributed by atoms with van der Waals surface area (Å²) in [6, 6.07) is 0. The van der Waals surface area contributed by atoms with Crippen molar-refractivity contribution in [2.24, 2.45) is 0 Å². The zero-order valence-electron chi connectivity index (χ0n) is 18.0. The standard InChI is InChI=1S/C13H26O2.C5H8O4.C2H7N/c1-3-4-5-6-7-8-9-10-11-12-15-13(2)14;1-2-9-5(8)3-4(6)7;1-3-2/h3-12H2,1-2H3;2-3H2,1H3,(H,6,7);3H,1-2H3. The van der Waals surface area contributed by atoms with Gasteiger partial charge in [0.25, 0.3) is 0 Å². The molecule has 0 saturated heterocycles.